The standard InChI is InChI=1S/C15H12N2O3/c1-9-17-12-5-4-10(7-13(12)20-9)14(15(18)19)11-3-2-6-16-8-11/h2-8,14H,1H3,(H,18,19). The summed E-state index contributed by atoms with van der Waals surface area (Å²) in [6.07, 6.45) is 3.18. The van der Waals surface area contributed by atoms with E-state index < -0.39 is 11.9 Å². The zero-order valence-electron chi connectivity index (χ0n) is 10.8. The van der Waals surface area contributed by atoms with Crippen LogP contribution in [-0.2, 0) is 4.79 Å². The largest absolute Gasteiger partial charge is 0.481 e. The molecule has 0 bridgehead atoms. The fourth-order valence-corrected chi connectivity index (χ4v) is 2.26. The van der Waals surface area contributed by atoms with Crippen molar-refractivity contribution in [3.05, 3.63) is 59.7 Å². The van der Waals surface area contributed by atoms with Crippen LogP contribution in [0.5, 0.6) is 0 Å². The normalized spacial score (nSPS) is 12.4. The monoisotopic (exact) mass is 268 g/mol. The van der Waals surface area contributed by atoms with Gasteiger partial charge in [-0.05, 0) is 29.3 Å². The maximum atomic E-state index is 11.6. The van der Waals surface area contributed by atoms with Crippen molar-refractivity contribution in [3.8, 4) is 0 Å². The van der Waals surface area contributed by atoms with Gasteiger partial charge >= 0.3 is 5.97 Å². The van der Waals surface area contributed by atoms with Crippen LogP contribution < -0.4 is 0 Å². The highest BCUT2D eigenvalue weighted by atomic mass is 16.4. The topological polar surface area (TPSA) is 76.2 Å². The molecule has 0 saturated carbocycles. The van der Waals surface area contributed by atoms with Crippen LogP contribution in [0.1, 0.15) is 22.9 Å². The summed E-state index contributed by atoms with van der Waals surface area (Å²) in [4.78, 5) is 19.8. The molecule has 0 aliphatic carbocycles. The van der Waals surface area contributed by atoms with Crippen LogP contribution in [0.25, 0.3) is 11.1 Å². The number of oxazole rings is 1. The summed E-state index contributed by atoms with van der Waals surface area (Å²) in [5.41, 5.74) is 2.60. The Morgan fingerprint density at radius 2 is 2.15 bits per heavy atom. The zero-order valence-corrected chi connectivity index (χ0v) is 10.8. The lowest BCUT2D eigenvalue weighted by molar-refractivity contribution is -0.137. The van der Waals surface area contributed by atoms with Crippen LogP contribution in [0, 0.1) is 6.92 Å². The van der Waals surface area contributed by atoms with Gasteiger partial charge in [-0.1, -0.05) is 12.1 Å². The molecule has 3 aromatic rings. The number of pyridine rings is 1. The molecular weight excluding hydrogens is 256 g/mol. The van der Waals surface area contributed by atoms with E-state index in [1.54, 1.807) is 49.6 Å². The molecule has 2 heterocycles. The van der Waals surface area contributed by atoms with Crippen molar-refractivity contribution in [1.82, 2.24) is 9.97 Å². The number of hydrogen-bond acceptors (Lipinski definition) is 4. The average Bonchev–Trinajstić information content (AvgIpc) is 2.79. The number of aliphatic carboxylic acids is 1. The Morgan fingerprint density at radius 1 is 1.30 bits per heavy atom. The fraction of sp³-hybridized carbons (Fsp3) is 0.133. The lowest BCUT2D eigenvalue weighted by atomic mass is 9.92. The smallest absolute Gasteiger partial charge is 0.315 e. The third-order valence-electron chi connectivity index (χ3n) is 3.12. The molecular formula is C15H12N2O3. The molecule has 1 N–H and O–H groups in total. The van der Waals surface area contributed by atoms with Crippen molar-refractivity contribution in [2.45, 2.75) is 12.8 Å². The number of hydrogen-bond donors (Lipinski definition) is 1. The van der Waals surface area contributed by atoms with Gasteiger partial charge in [0.2, 0.25) is 0 Å². The second kappa shape index (κ2) is 4.77. The minimum atomic E-state index is -0.923. The summed E-state index contributed by atoms with van der Waals surface area (Å²) in [6.45, 7) is 1.76. The minimum Gasteiger partial charge on any atom is -0.481 e. The summed E-state index contributed by atoms with van der Waals surface area (Å²) in [6, 6.07) is 8.73. The number of rotatable bonds is 3. The molecule has 0 amide bonds. The van der Waals surface area contributed by atoms with Gasteiger partial charge in [0.1, 0.15) is 11.4 Å². The van der Waals surface area contributed by atoms with E-state index in [1.807, 2.05) is 0 Å². The number of carbonyl (C=O) groups is 1. The van der Waals surface area contributed by atoms with Gasteiger partial charge in [0.05, 0.1) is 0 Å². The molecule has 0 fully saturated rings. The Labute approximate surface area is 114 Å². The highest BCUT2D eigenvalue weighted by molar-refractivity contribution is 5.83. The summed E-state index contributed by atoms with van der Waals surface area (Å²) >= 11 is 0. The molecule has 5 heteroatoms. The van der Waals surface area contributed by atoms with Gasteiger partial charge in [-0.3, -0.25) is 9.78 Å². The third-order valence-corrected chi connectivity index (χ3v) is 3.12. The van der Waals surface area contributed by atoms with Crippen LogP contribution in [0.2, 0.25) is 0 Å². The van der Waals surface area contributed by atoms with E-state index in [2.05, 4.69) is 9.97 Å². The quantitative estimate of drug-likeness (QED) is 0.790. The molecule has 0 spiro atoms. The first-order valence-corrected chi connectivity index (χ1v) is 6.15. The number of nitrogens with zero attached hydrogens (tertiary/aromatic N) is 2. The molecule has 0 radical (unpaired) electrons. The van der Waals surface area contributed by atoms with E-state index >= 15 is 0 Å². The van der Waals surface area contributed by atoms with Crippen molar-refractivity contribution >= 4 is 17.1 Å². The van der Waals surface area contributed by atoms with Crippen molar-refractivity contribution in [1.29, 1.82) is 0 Å². The summed E-state index contributed by atoms with van der Waals surface area (Å²) < 4.78 is 5.45. The van der Waals surface area contributed by atoms with Crippen LogP contribution in [0.4, 0.5) is 0 Å². The van der Waals surface area contributed by atoms with Crippen LogP contribution >= 0.6 is 0 Å². The maximum Gasteiger partial charge on any atom is 0.315 e. The minimum absolute atomic E-state index is 0.561. The predicted octanol–water partition coefficient (Wildman–Crippen LogP) is 2.75. The first-order chi connectivity index (χ1) is 9.65. The fourth-order valence-electron chi connectivity index (χ4n) is 2.26. The first-order valence-electron chi connectivity index (χ1n) is 6.15. The molecule has 20 heavy (non-hydrogen) atoms. The van der Waals surface area contributed by atoms with Gasteiger partial charge in [-0.2, -0.15) is 0 Å². The maximum absolute atomic E-state index is 11.6. The molecule has 1 aromatic carbocycles. The van der Waals surface area contributed by atoms with Gasteiger partial charge in [0.25, 0.3) is 0 Å². The summed E-state index contributed by atoms with van der Waals surface area (Å²) in [5, 5.41) is 9.48. The Hall–Kier alpha value is -2.69. The Balaban J connectivity index is 2.12. The molecule has 100 valence electrons. The first kappa shape index (κ1) is 12.3. The summed E-state index contributed by atoms with van der Waals surface area (Å²) in [5.74, 6) is -1.13. The van der Waals surface area contributed by atoms with E-state index in [-0.39, 0.29) is 0 Å². The van der Waals surface area contributed by atoms with Crippen LogP contribution in [-0.4, -0.2) is 21.0 Å². The lowest BCUT2D eigenvalue weighted by Crippen LogP contribution is -2.13. The molecule has 0 saturated heterocycles. The Kier molecular flexibility index (Phi) is 2.95. The average molecular weight is 268 g/mol. The van der Waals surface area contributed by atoms with Crippen molar-refractivity contribution < 1.29 is 14.3 Å². The van der Waals surface area contributed by atoms with Crippen molar-refractivity contribution in [2.24, 2.45) is 0 Å². The van der Waals surface area contributed by atoms with E-state index in [0.29, 0.717) is 22.6 Å². The van der Waals surface area contributed by atoms with E-state index in [9.17, 15) is 9.90 Å². The second-order valence-electron chi connectivity index (χ2n) is 4.52. The van der Waals surface area contributed by atoms with Gasteiger partial charge in [0, 0.05) is 19.3 Å². The molecule has 1 unspecified atom stereocenters. The van der Waals surface area contributed by atoms with Crippen LogP contribution in [0.3, 0.4) is 0 Å². The Morgan fingerprint density at radius 3 is 2.85 bits per heavy atom. The number of aryl methyl sites for hydroxylation is 1. The molecule has 1 atom stereocenters. The van der Waals surface area contributed by atoms with Gasteiger partial charge in [-0.15, -0.1) is 0 Å². The van der Waals surface area contributed by atoms with E-state index in [0.717, 1.165) is 5.52 Å². The van der Waals surface area contributed by atoms with Crippen molar-refractivity contribution in [3.63, 3.8) is 0 Å². The number of carboxylic acid groups (broad SMARTS) is 1. The van der Waals surface area contributed by atoms with Crippen molar-refractivity contribution in [2.75, 3.05) is 0 Å². The second-order valence-corrected chi connectivity index (χ2v) is 4.52. The van der Waals surface area contributed by atoms with E-state index in [4.69, 9.17) is 4.42 Å². The third kappa shape index (κ3) is 2.14. The van der Waals surface area contributed by atoms with Gasteiger partial charge in [-0.25, -0.2) is 4.98 Å². The number of benzene rings is 1. The zero-order chi connectivity index (χ0) is 14.1. The summed E-state index contributed by atoms with van der Waals surface area (Å²) in [7, 11) is 0. The van der Waals surface area contributed by atoms with Gasteiger partial charge < -0.3 is 9.52 Å². The Bertz CT molecular complexity index is 765. The highest BCUT2D eigenvalue weighted by Gasteiger charge is 2.23. The number of aromatic nitrogens is 2. The molecule has 2 aromatic heterocycles. The predicted molar refractivity (Wildman–Crippen MR) is 72.5 cm³/mol. The van der Waals surface area contributed by atoms with Crippen LogP contribution in [0.15, 0.2) is 47.1 Å². The molecule has 0 aliphatic heterocycles. The molecule has 3 rings (SSSR count). The molecule has 0 aliphatic rings. The lowest BCUT2D eigenvalue weighted by Gasteiger charge is -2.12. The SMILES string of the molecule is Cc1nc2ccc(C(C(=O)O)c3cccnc3)cc2o1. The number of fused-ring (bicyclic) bond motifs is 1. The highest BCUT2D eigenvalue weighted by Crippen LogP contribution is 2.27. The number of carboxylic acids is 1. The van der Waals surface area contributed by atoms with E-state index in [1.165, 1.54) is 0 Å². The molecule has 5 nitrogen and oxygen atoms in total. The van der Waals surface area contributed by atoms with Gasteiger partial charge in [0.15, 0.2) is 11.5 Å².